The van der Waals surface area contributed by atoms with Gasteiger partial charge in [-0.1, -0.05) is 18.2 Å². The summed E-state index contributed by atoms with van der Waals surface area (Å²) in [6.45, 7) is 0. The van der Waals surface area contributed by atoms with Gasteiger partial charge in [0.25, 0.3) is 0 Å². The molecule has 4 rings (SSSR count). The third kappa shape index (κ3) is 1.79. The quantitative estimate of drug-likeness (QED) is 0.776. The monoisotopic (exact) mass is 263 g/mol. The zero-order valence-corrected chi connectivity index (χ0v) is 11.4. The number of Topliss-reactive ketones (excluding diaryl/α,β-unsaturated/α-hetero) is 1. The summed E-state index contributed by atoms with van der Waals surface area (Å²) in [4.78, 5) is 17.2. The lowest BCUT2D eigenvalue weighted by atomic mass is 9.93. The zero-order chi connectivity index (χ0) is 13.5. The molecule has 0 N–H and O–H groups in total. The summed E-state index contributed by atoms with van der Waals surface area (Å²) >= 11 is 0. The maximum Gasteiger partial charge on any atom is 0.171 e. The Labute approximate surface area is 118 Å². The number of aryl methyl sites for hydroxylation is 3. The fourth-order valence-electron chi connectivity index (χ4n) is 3.59. The minimum atomic E-state index is -0.0364. The van der Waals surface area contributed by atoms with Crippen molar-refractivity contribution in [1.29, 1.82) is 0 Å². The highest BCUT2D eigenvalue weighted by Crippen LogP contribution is 2.34. The molecule has 0 saturated carbocycles. The largest absolute Gasteiger partial charge is 0.293 e. The van der Waals surface area contributed by atoms with Gasteiger partial charge in [-0.3, -0.25) is 9.78 Å². The number of carbonyl (C=O) groups is 1. The van der Waals surface area contributed by atoms with E-state index in [1.165, 1.54) is 23.1 Å². The average molecular weight is 263 g/mol. The van der Waals surface area contributed by atoms with Crippen molar-refractivity contribution < 1.29 is 4.79 Å². The molecule has 0 aliphatic heterocycles. The number of ketones is 1. The van der Waals surface area contributed by atoms with E-state index >= 15 is 0 Å². The highest BCUT2D eigenvalue weighted by molar-refractivity contribution is 6.01. The molecule has 2 aliphatic rings. The fraction of sp³-hybridized carbons (Fsp3) is 0.333. The van der Waals surface area contributed by atoms with Crippen molar-refractivity contribution in [2.45, 2.75) is 38.0 Å². The molecule has 2 nitrogen and oxygen atoms in total. The summed E-state index contributed by atoms with van der Waals surface area (Å²) in [6, 6.07) is 10.3. The highest BCUT2D eigenvalue weighted by atomic mass is 16.1. The van der Waals surface area contributed by atoms with Crippen molar-refractivity contribution in [3.05, 3.63) is 64.5 Å². The number of fused-ring (bicyclic) bond motifs is 2. The summed E-state index contributed by atoms with van der Waals surface area (Å²) in [7, 11) is 0. The van der Waals surface area contributed by atoms with Gasteiger partial charge in [0, 0.05) is 11.8 Å². The van der Waals surface area contributed by atoms with E-state index < -0.39 is 0 Å². The molecule has 0 fully saturated rings. The van der Waals surface area contributed by atoms with Crippen LogP contribution in [0, 0.1) is 0 Å². The molecule has 1 aromatic carbocycles. The number of nitrogens with zero attached hydrogens (tertiary/aromatic N) is 1. The lowest BCUT2D eigenvalue weighted by molar-refractivity contribution is 0.0958. The van der Waals surface area contributed by atoms with E-state index in [1.54, 1.807) is 6.20 Å². The normalized spacial score (nSPS) is 19.7. The molecule has 0 saturated heterocycles. The average Bonchev–Trinajstić information content (AvgIpc) is 3.12. The number of aromatic nitrogens is 1. The van der Waals surface area contributed by atoms with Gasteiger partial charge in [0.15, 0.2) is 5.78 Å². The molecule has 1 atom stereocenters. The van der Waals surface area contributed by atoms with Gasteiger partial charge >= 0.3 is 0 Å². The SMILES string of the molecule is O=C(c1ccc2c(c1)CCC2)C1CCc2cccnc21. The molecule has 2 aliphatic carbocycles. The minimum Gasteiger partial charge on any atom is -0.293 e. The van der Waals surface area contributed by atoms with Gasteiger partial charge < -0.3 is 0 Å². The molecule has 0 spiro atoms. The maximum atomic E-state index is 12.8. The van der Waals surface area contributed by atoms with Crippen LogP contribution in [0.1, 0.15) is 51.5 Å². The van der Waals surface area contributed by atoms with Crippen LogP contribution in [0.2, 0.25) is 0 Å². The van der Waals surface area contributed by atoms with Crippen LogP contribution >= 0.6 is 0 Å². The van der Waals surface area contributed by atoms with Crippen LogP contribution < -0.4 is 0 Å². The summed E-state index contributed by atoms with van der Waals surface area (Å²) in [5.74, 6) is 0.211. The third-order valence-corrected chi connectivity index (χ3v) is 4.66. The van der Waals surface area contributed by atoms with E-state index in [2.05, 4.69) is 23.2 Å². The summed E-state index contributed by atoms with van der Waals surface area (Å²) in [5.41, 5.74) is 5.90. The molecule has 0 amide bonds. The predicted octanol–water partition coefficient (Wildman–Crippen LogP) is 3.48. The third-order valence-electron chi connectivity index (χ3n) is 4.66. The van der Waals surface area contributed by atoms with Gasteiger partial charge in [-0.25, -0.2) is 0 Å². The Morgan fingerprint density at radius 2 is 1.95 bits per heavy atom. The Balaban J connectivity index is 1.68. The molecule has 20 heavy (non-hydrogen) atoms. The van der Waals surface area contributed by atoms with E-state index in [4.69, 9.17) is 0 Å². The first-order valence-corrected chi connectivity index (χ1v) is 7.43. The maximum absolute atomic E-state index is 12.8. The predicted molar refractivity (Wildman–Crippen MR) is 78.1 cm³/mol. The van der Waals surface area contributed by atoms with Crippen LogP contribution in [0.25, 0.3) is 0 Å². The number of carbonyl (C=O) groups excluding carboxylic acids is 1. The lowest BCUT2D eigenvalue weighted by Crippen LogP contribution is -2.11. The lowest BCUT2D eigenvalue weighted by Gasteiger charge is -2.11. The number of hydrogen-bond donors (Lipinski definition) is 0. The summed E-state index contributed by atoms with van der Waals surface area (Å²) in [5, 5.41) is 0. The van der Waals surface area contributed by atoms with E-state index in [0.29, 0.717) is 0 Å². The molecular formula is C18H17NO. The first-order chi connectivity index (χ1) is 9.83. The van der Waals surface area contributed by atoms with Crippen LogP contribution in [-0.4, -0.2) is 10.8 Å². The van der Waals surface area contributed by atoms with E-state index in [0.717, 1.165) is 36.9 Å². The smallest absolute Gasteiger partial charge is 0.171 e. The molecule has 1 aromatic heterocycles. The molecule has 2 aromatic rings. The first kappa shape index (κ1) is 11.8. The van der Waals surface area contributed by atoms with Crippen molar-refractivity contribution in [2.75, 3.05) is 0 Å². The van der Waals surface area contributed by atoms with E-state index in [-0.39, 0.29) is 11.7 Å². The van der Waals surface area contributed by atoms with Crippen molar-refractivity contribution >= 4 is 5.78 Å². The first-order valence-electron chi connectivity index (χ1n) is 7.43. The second kappa shape index (κ2) is 4.55. The Morgan fingerprint density at radius 3 is 2.90 bits per heavy atom. The van der Waals surface area contributed by atoms with Crippen LogP contribution in [0.15, 0.2) is 36.5 Å². The highest BCUT2D eigenvalue weighted by Gasteiger charge is 2.30. The topological polar surface area (TPSA) is 30.0 Å². The molecule has 1 heterocycles. The van der Waals surface area contributed by atoms with Crippen molar-refractivity contribution in [3.8, 4) is 0 Å². The van der Waals surface area contributed by atoms with Crippen molar-refractivity contribution in [2.24, 2.45) is 0 Å². The zero-order valence-electron chi connectivity index (χ0n) is 11.4. The second-order valence-electron chi connectivity index (χ2n) is 5.84. The Kier molecular flexibility index (Phi) is 2.69. The van der Waals surface area contributed by atoms with Crippen LogP contribution in [0.5, 0.6) is 0 Å². The van der Waals surface area contributed by atoms with Crippen LogP contribution in [0.3, 0.4) is 0 Å². The Bertz CT molecular complexity index is 690. The van der Waals surface area contributed by atoms with Crippen molar-refractivity contribution in [3.63, 3.8) is 0 Å². The standard InChI is InChI=1S/C18H17NO/c20-18(15-7-6-12-3-1-4-14(12)11-15)16-9-8-13-5-2-10-19-17(13)16/h2,5-7,10-11,16H,1,3-4,8-9H2. The second-order valence-corrected chi connectivity index (χ2v) is 5.84. The minimum absolute atomic E-state index is 0.0364. The number of hydrogen-bond acceptors (Lipinski definition) is 2. The molecular weight excluding hydrogens is 246 g/mol. The van der Waals surface area contributed by atoms with Crippen LogP contribution in [0.4, 0.5) is 0 Å². The molecule has 1 unspecified atom stereocenters. The van der Waals surface area contributed by atoms with Gasteiger partial charge in [0.1, 0.15) is 0 Å². The number of pyridine rings is 1. The fourth-order valence-corrected chi connectivity index (χ4v) is 3.59. The molecule has 100 valence electrons. The molecule has 2 heteroatoms. The Morgan fingerprint density at radius 1 is 1.05 bits per heavy atom. The van der Waals surface area contributed by atoms with Gasteiger partial charge in [-0.15, -0.1) is 0 Å². The summed E-state index contributed by atoms with van der Waals surface area (Å²) < 4.78 is 0. The van der Waals surface area contributed by atoms with Gasteiger partial charge in [-0.05, 0) is 60.9 Å². The number of benzene rings is 1. The van der Waals surface area contributed by atoms with Gasteiger partial charge in [0.2, 0.25) is 0 Å². The Hall–Kier alpha value is -1.96. The number of rotatable bonds is 2. The van der Waals surface area contributed by atoms with E-state index in [9.17, 15) is 4.79 Å². The van der Waals surface area contributed by atoms with Gasteiger partial charge in [-0.2, -0.15) is 0 Å². The molecule has 0 bridgehead atoms. The van der Waals surface area contributed by atoms with Crippen LogP contribution in [-0.2, 0) is 19.3 Å². The van der Waals surface area contributed by atoms with E-state index in [1.807, 2.05) is 12.1 Å². The van der Waals surface area contributed by atoms with Crippen molar-refractivity contribution in [1.82, 2.24) is 4.98 Å². The summed E-state index contributed by atoms with van der Waals surface area (Å²) in [6.07, 6.45) is 7.19. The van der Waals surface area contributed by atoms with Gasteiger partial charge in [0.05, 0.1) is 11.6 Å². The molecule has 0 radical (unpaired) electrons.